The van der Waals surface area contributed by atoms with E-state index in [1.807, 2.05) is 0 Å². The van der Waals surface area contributed by atoms with Crippen LogP contribution in [-0.4, -0.2) is 7.38 Å². The second-order valence-corrected chi connectivity index (χ2v) is 10.5. The number of rotatable bonds is 4. The van der Waals surface area contributed by atoms with Crippen molar-refractivity contribution in [3.8, 4) is 0 Å². The quantitative estimate of drug-likeness (QED) is 0.458. The lowest BCUT2D eigenvalue weighted by molar-refractivity contribution is 0.776. The van der Waals surface area contributed by atoms with Crippen LogP contribution in [0.2, 0.25) is 17.6 Å². The van der Waals surface area contributed by atoms with E-state index >= 15 is 0 Å². The first-order valence-corrected chi connectivity index (χ1v) is 8.32. The van der Waals surface area contributed by atoms with E-state index in [4.69, 9.17) is 11.1 Å². The van der Waals surface area contributed by atoms with Crippen molar-refractivity contribution in [3.63, 3.8) is 0 Å². The van der Waals surface area contributed by atoms with Gasteiger partial charge < -0.3 is 0 Å². The van der Waals surface area contributed by atoms with Gasteiger partial charge in [-0.2, -0.15) is 11.1 Å². The summed E-state index contributed by atoms with van der Waals surface area (Å²) in [5, 5.41) is 0. The summed E-state index contributed by atoms with van der Waals surface area (Å²) in [4.78, 5) is 0. The summed E-state index contributed by atoms with van der Waals surface area (Å²) in [5.74, 6) is 0. The van der Waals surface area contributed by atoms with E-state index < -0.39 is 7.38 Å². The van der Waals surface area contributed by atoms with Gasteiger partial charge in [0.15, 0.2) is 7.38 Å². The lowest BCUT2D eigenvalue weighted by Gasteiger charge is -2.31. The highest BCUT2D eigenvalue weighted by Gasteiger charge is 2.35. The molecule has 0 amide bonds. The van der Waals surface area contributed by atoms with Crippen LogP contribution < -0.4 is 0 Å². The van der Waals surface area contributed by atoms with Gasteiger partial charge in [0.25, 0.3) is 0 Å². The summed E-state index contributed by atoms with van der Waals surface area (Å²) in [5.41, 5.74) is 1.50. The van der Waals surface area contributed by atoms with E-state index in [0.29, 0.717) is 0 Å². The van der Waals surface area contributed by atoms with Crippen molar-refractivity contribution < 1.29 is 0 Å². The monoisotopic (exact) mass is 192 g/mol. The second-order valence-electron chi connectivity index (χ2n) is 3.77. The molecule has 0 aliphatic heterocycles. The van der Waals surface area contributed by atoms with Crippen LogP contribution in [0.4, 0.5) is 0 Å². The predicted molar refractivity (Wildman–Crippen MR) is 56.9 cm³/mol. The van der Waals surface area contributed by atoms with Crippen LogP contribution >= 0.6 is 11.1 Å². The van der Waals surface area contributed by atoms with Gasteiger partial charge in [0.05, 0.1) is 0 Å². The van der Waals surface area contributed by atoms with Crippen LogP contribution in [0.15, 0.2) is 0 Å². The molecule has 0 bridgehead atoms. The van der Waals surface area contributed by atoms with Crippen molar-refractivity contribution in [2.75, 3.05) is 0 Å². The van der Waals surface area contributed by atoms with E-state index in [0.717, 1.165) is 11.1 Å². The molecule has 0 N–H and O–H groups in total. The van der Waals surface area contributed by atoms with Gasteiger partial charge in [-0.05, 0) is 11.1 Å². The summed E-state index contributed by atoms with van der Waals surface area (Å²) < 4.78 is 0. The SMILES string of the molecule is CCC(C)[Si](C)(Cl)C(C)CC. The molecule has 2 unspecified atom stereocenters. The Morgan fingerprint density at radius 2 is 1.36 bits per heavy atom. The van der Waals surface area contributed by atoms with Gasteiger partial charge in [0, 0.05) is 0 Å². The molecule has 0 aromatic carbocycles. The molecule has 0 fully saturated rings. The fraction of sp³-hybridized carbons (Fsp3) is 1.00. The average molecular weight is 193 g/mol. The molecule has 2 heteroatoms. The van der Waals surface area contributed by atoms with Gasteiger partial charge in [-0.15, -0.1) is 0 Å². The molecule has 0 saturated heterocycles. The van der Waals surface area contributed by atoms with Crippen LogP contribution in [0.3, 0.4) is 0 Å². The Labute approximate surface area is 77.0 Å². The molecule has 0 spiro atoms. The van der Waals surface area contributed by atoms with Gasteiger partial charge in [0.1, 0.15) is 0 Å². The number of hydrogen-bond acceptors (Lipinski definition) is 0. The minimum Gasteiger partial charge on any atom is -0.167 e. The first-order valence-electron chi connectivity index (χ1n) is 4.65. The fourth-order valence-electron chi connectivity index (χ4n) is 1.28. The van der Waals surface area contributed by atoms with E-state index in [1.54, 1.807) is 0 Å². The first-order chi connectivity index (χ1) is 4.96. The van der Waals surface area contributed by atoms with Gasteiger partial charge in [-0.25, -0.2) is 0 Å². The zero-order valence-electron chi connectivity index (χ0n) is 8.45. The second kappa shape index (κ2) is 4.51. The van der Waals surface area contributed by atoms with Crippen molar-refractivity contribution in [1.29, 1.82) is 0 Å². The zero-order valence-corrected chi connectivity index (χ0v) is 10.2. The number of halogens is 1. The third-order valence-electron chi connectivity index (χ3n) is 3.15. The van der Waals surface area contributed by atoms with E-state index in [2.05, 4.69) is 34.2 Å². The Morgan fingerprint density at radius 1 is 1.09 bits per heavy atom. The minimum absolute atomic E-state index is 0.749. The van der Waals surface area contributed by atoms with Crippen molar-refractivity contribution in [2.24, 2.45) is 0 Å². The highest BCUT2D eigenvalue weighted by atomic mass is 35.6. The maximum atomic E-state index is 6.58. The van der Waals surface area contributed by atoms with Crippen molar-refractivity contribution in [1.82, 2.24) is 0 Å². The molecule has 0 rings (SSSR count). The van der Waals surface area contributed by atoms with E-state index in [1.165, 1.54) is 12.8 Å². The molecule has 0 nitrogen and oxygen atoms in total. The normalized spacial score (nSPS) is 22.4. The van der Waals surface area contributed by atoms with Crippen LogP contribution in [0.1, 0.15) is 40.5 Å². The Balaban J connectivity index is 4.18. The molecule has 0 radical (unpaired) electrons. The summed E-state index contributed by atoms with van der Waals surface area (Å²) in [6.45, 7) is 11.4. The summed E-state index contributed by atoms with van der Waals surface area (Å²) in [6.07, 6.45) is 2.47. The van der Waals surface area contributed by atoms with Crippen molar-refractivity contribution in [3.05, 3.63) is 0 Å². The Bertz CT molecular complexity index is 100. The van der Waals surface area contributed by atoms with Crippen molar-refractivity contribution >= 4 is 18.5 Å². The molecule has 0 aliphatic carbocycles. The minimum atomic E-state index is -1.44. The van der Waals surface area contributed by atoms with Gasteiger partial charge in [0.2, 0.25) is 0 Å². The third-order valence-corrected chi connectivity index (χ3v) is 10.1. The first kappa shape index (κ1) is 11.5. The van der Waals surface area contributed by atoms with E-state index in [-0.39, 0.29) is 0 Å². The maximum absolute atomic E-state index is 6.58. The lowest BCUT2D eigenvalue weighted by atomic mass is 10.3. The Morgan fingerprint density at radius 3 is 1.55 bits per heavy atom. The zero-order chi connectivity index (χ0) is 9.07. The largest absolute Gasteiger partial charge is 0.167 e. The average Bonchev–Trinajstić information content (AvgIpc) is 2.01. The maximum Gasteiger partial charge on any atom is 0.159 e. The van der Waals surface area contributed by atoms with Crippen molar-refractivity contribution in [2.45, 2.75) is 58.2 Å². The van der Waals surface area contributed by atoms with Crippen LogP contribution in [-0.2, 0) is 0 Å². The highest BCUT2D eigenvalue weighted by molar-refractivity contribution is 7.21. The standard InChI is InChI=1S/C9H21ClSi/c1-6-8(3)11(5,10)9(4)7-2/h8-9H,6-7H2,1-5H3. The molecule has 0 heterocycles. The fourth-order valence-corrected chi connectivity index (χ4v) is 4.78. The Hall–Kier alpha value is 0.507. The van der Waals surface area contributed by atoms with Gasteiger partial charge >= 0.3 is 0 Å². The molecule has 0 saturated carbocycles. The highest BCUT2D eigenvalue weighted by Crippen LogP contribution is 2.39. The lowest BCUT2D eigenvalue weighted by Crippen LogP contribution is -2.32. The van der Waals surface area contributed by atoms with Crippen LogP contribution in [0.5, 0.6) is 0 Å². The molecular formula is C9H21ClSi. The smallest absolute Gasteiger partial charge is 0.159 e. The van der Waals surface area contributed by atoms with Crippen LogP contribution in [0.25, 0.3) is 0 Å². The predicted octanol–water partition coefficient (Wildman–Crippen LogP) is 4.40. The summed E-state index contributed by atoms with van der Waals surface area (Å²) >= 11 is 6.58. The van der Waals surface area contributed by atoms with Gasteiger partial charge in [-0.1, -0.05) is 47.1 Å². The molecular weight excluding hydrogens is 172 g/mol. The summed E-state index contributed by atoms with van der Waals surface area (Å²) in [7, 11) is -1.44. The topological polar surface area (TPSA) is 0 Å². The van der Waals surface area contributed by atoms with Gasteiger partial charge in [-0.3, -0.25) is 0 Å². The number of hydrogen-bond donors (Lipinski definition) is 0. The summed E-state index contributed by atoms with van der Waals surface area (Å²) in [6, 6.07) is 0. The molecule has 0 aromatic heterocycles. The molecule has 0 aromatic rings. The van der Waals surface area contributed by atoms with Crippen LogP contribution in [0, 0.1) is 0 Å². The molecule has 0 aliphatic rings. The molecule has 2 atom stereocenters. The Kier molecular flexibility index (Phi) is 4.72. The molecule has 11 heavy (non-hydrogen) atoms. The van der Waals surface area contributed by atoms with E-state index in [9.17, 15) is 0 Å². The third kappa shape index (κ3) is 2.79. The molecule has 68 valence electrons.